The average Bonchev–Trinajstić information content (AvgIpc) is 3.35. The lowest BCUT2D eigenvalue weighted by Crippen LogP contribution is -2.20. The molecule has 6 nitrogen and oxygen atoms in total. The van der Waals surface area contributed by atoms with Gasteiger partial charge in [0.15, 0.2) is 5.76 Å². The predicted molar refractivity (Wildman–Crippen MR) is 154 cm³/mol. The van der Waals surface area contributed by atoms with E-state index < -0.39 is 0 Å². The highest BCUT2D eigenvalue weighted by molar-refractivity contribution is 9.10. The SMILES string of the molecule is O=c1c2ccccc2nc(-c2cc3cc(Br)ccc3o2)n1N=Cc1cccc(OCc2ccc(Cl)cc2)c1. The smallest absolute Gasteiger partial charge is 0.282 e. The van der Waals surface area contributed by atoms with Crippen LogP contribution in [0.25, 0.3) is 33.5 Å². The lowest BCUT2D eigenvalue weighted by Gasteiger charge is -2.08. The Morgan fingerprint density at radius 3 is 2.68 bits per heavy atom. The van der Waals surface area contributed by atoms with Crippen molar-refractivity contribution in [1.82, 2.24) is 9.66 Å². The molecule has 0 atom stereocenters. The van der Waals surface area contributed by atoms with Gasteiger partial charge < -0.3 is 9.15 Å². The van der Waals surface area contributed by atoms with Crippen molar-refractivity contribution in [3.63, 3.8) is 0 Å². The Morgan fingerprint density at radius 1 is 0.974 bits per heavy atom. The topological polar surface area (TPSA) is 69.6 Å². The summed E-state index contributed by atoms with van der Waals surface area (Å²) in [6.45, 7) is 0.401. The summed E-state index contributed by atoms with van der Waals surface area (Å²) < 4.78 is 14.2. The zero-order valence-corrected chi connectivity index (χ0v) is 22.2. The minimum atomic E-state index is -0.293. The summed E-state index contributed by atoms with van der Waals surface area (Å²) >= 11 is 9.45. The standard InChI is InChI=1S/C30H19BrClN3O3/c31-22-10-13-27-21(15-22)16-28(38-27)29-34-26-7-2-1-6-25(26)30(36)35(29)33-17-20-4-3-5-24(14-20)37-18-19-8-11-23(32)12-9-19/h1-17H,18H2. The maximum absolute atomic E-state index is 13.5. The van der Waals surface area contributed by atoms with Gasteiger partial charge in [-0.3, -0.25) is 4.79 Å². The number of fused-ring (bicyclic) bond motifs is 2. The van der Waals surface area contributed by atoms with Gasteiger partial charge in [0.25, 0.3) is 5.56 Å². The van der Waals surface area contributed by atoms with Crippen molar-refractivity contribution in [3.8, 4) is 17.3 Å². The van der Waals surface area contributed by atoms with Crippen LogP contribution in [-0.4, -0.2) is 15.9 Å². The molecule has 0 N–H and O–H groups in total. The number of nitrogens with zero attached hydrogens (tertiary/aromatic N) is 3. The van der Waals surface area contributed by atoms with Gasteiger partial charge in [0.1, 0.15) is 17.9 Å². The summed E-state index contributed by atoms with van der Waals surface area (Å²) in [5, 5.41) is 6.57. The molecule has 0 aliphatic heterocycles. The van der Waals surface area contributed by atoms with Crippen LogP contribution in [-0.2, 0) is 6.61 Å². The summed E-state index contributed by atoms with van der Waals surface area (Å²) in [5.41, 5.74) is 2.73. The van der Waals surface area contributed by atoms with E-state index in [1.807, 2.05) is 78.9 Å². The van der Waals surface area contributed by atoms with Gasteiger partial charge >= 0.3 is 0 Å². The largest absolute Gasteiger partial charge is 0.489 e. The van der Waals surface area contributed by atoms with E-state index in [0.29, 0.717) is 45.4 Å². The zero-order valence-electron chi connectivity index (χ0n) is 19.8. The van der Waals surface area contributed by atoms with Crippen LogP contribution in [0.3, 0.4) is 0 Å². The summed E-state index contributed by atoms with van der Waals surface area (Å²) in [5.74, 6) is 1.43. The van der Waals surface area contributed by atoms with Crippen molar-refractivity contribution >= 4 is 55.6 Å². The van der Waals surface area contributed by atoms with Gasteiger partial charge in [0.05, 0.1) is 17.1 Å². The third-order valence-corrected chi connectivity index (χ3v) is 6.70. The monoisotopic (exact) mass is 583 g/mol. The maximum Gasteiger partial charge on any atom is 0.282 e. The second kappa shape index (κ2) is 10.3. The van der Waals surface area contributed by atoms with Crippen LogP contribution in [0.15, 0.2) is 116 Å². The van der Waals surface area contributed by atoms with Gasteiger partial charge in [0.2, 0.25) is 5.82 Å². The van der Waals surface area contributed by atoms with Crippen LogP contribution in [0.1, 0.15) is 11.1 Å². The summed E-state index contributed by atoms with van der Waals surface area (Å²) in [7, 11) is 0. The van der Waals surface area contributed by atoms with Crippen molar-refractivity contribution in [2.24, 2.45) is 5.10 Å². The van der Waals surface area contributed by atoms with Gasteiger partial charge in [-0.15, -0.1) is 0 Å². The minimum Gasteiger partial charge on any atom is -0.489 e. The normalized spacial score (nSPS) is 11.5. The minimum absolute atomic E-state index is 0.293. The van der Waals surface area contributed by atoms with Crippen molar-refractivity contribution in [2.45, 2.75) is 6.61 Å². The Labute approximate surface area is 230 Å². The average molecular weight is 585 g/mol. The molecule has 0 aliphatic carbocycles. The molecule has 0 amide bonds. The third-order valence-electron chi connectivity index (χ3n) is 5.95. The van der Waals surface area contributed by atoms with E-state index in [0.717, 1.165) is 21.0 Å². The molecule has 4 aromatic carbocycles. The van der Waals surface area contributed by atoms with Gasteiger partial charge in [-0.2, -0.15) is 9.78 Å². The summed E-state index contributed by atoms with van der Waals surface area (Å²) in [6.07, 6.45) is 1.61. The highest BCUT2D eigenvalue weighted by Gasteiger charge is 2.16. The molecule has 0 spiro atoms. The molecule has 2 aromatic heterocycles. The van der Waals surface area contributed by atoms with E-state index >= 15 is 0 Å². The van der Waals surface area contributed by atoms with Crippen LogP contribution in [0.5, 0.6) is 5.75 Å². The fourth-order valence-corrected chi connectivity index (χ4v) is 4.58. The number of benzene rings is 4. The van der Waals surface area contributed by atoms with Crippen LogP contribution >= 0.6 is 27.5 Å². The lowest BCUT2D eigenvalue weighted by molar-refractivity contribution is 0.306. The molecular weight excluding hydrogens is 566 g/mol. The van der Waals surface area contributed by atoms with E-state index in [-0.39, 0.29) is 5.56 Å². The predicted octanol–water partition coefficient (Wildman–Crippen LogP) is 7.69. The van der Waals surface area contributed by atoms with Crippen LogP contribution in [0.4, 0.5) is 0 Å². The molecule has 0 radical (unpaired) electrons. The molecule has 2 heterocycles. The molecule has 0 saturated heterocycles. The molecule has 6 aromatic rings. The molecule has 0 saturated carbocycles. The molecular formula is C30H19BrClN3O3. The Hall–Kier alpha value is -4.20. The molecule has 186 valence electrons. The zero-order chi connectivity index (χ0) is 26.1. The fraction of sp³-hybridized carbons (Fsp3) is 0.0333. The van der Waals surface area contributed by atoms with E-state index in [9.17, 15) is 4.79 Å². The highest BCUT2D eigenvalue weighted by atomic mass is 79.9. The quantitative estimate of drug-likeness (QED) is 0.188. The second-order valence-electron chi connectivity index (χ2n) is 8.59. The molecule has 0 aliphatic rings. The number of ether oxygens (including phenoxy) is 1. The molecule has 8 heteroatoms. The van der Waals surface area contributed by atoms with Crippen LogP contribution in [0.2, 0.25) is 5.02 Å². The Balaban J connectivity index is 1.37. The Kier molecular flexibility index (Phi) is 6.54. The number of hydrogen-bond donors (Lipinski definition) is 0. The fourth-order valence-electron chi connectivity index (χ4n) is 4.07. The third kappa shape index (κ3) is 4.98. The van der Waals surface area contributed by atoms with Crippen LogP contribution in [0, 0.1) is 0 Å². The number of halogens is 2. The summed E-state index contributed by atoms with van der Waals surface area (Å²) in [4.78, 5) is 18.2. The van der Waals surface area contributed by atoms with Gasteiger partial charge in [-0.1, -0.05) is 63.9 Å². The molecule has 0 bridgehead atoms. The van der Waals surface area contributed by atoms with Gasteiger partial charge in [-0.25, -0.2) is 4.98 Å². The lowest BCUT2D eigenvalue weighted by atomic mass is 10.2. The van der Waals surface area contributed by atoms with Crippen LogP contribution < -0.4 is 10.3 Å². The first-order valence-electron chi connectivity index (χ1n) is 11.8. The second-order valence-corrected chi connectivity index (χ2v) is 9.95. The van der Waals surface area contributed by atoms with E-state index in [1.54, 1.807) is 24.4 Å². The number of para-hydroxylation sites is 1. The Morgan fingerprint density at radius 2 is 1.82 bits per heavy atom. The van der Waals surface area contributed by atoms with E-state index in [2.05, 4.69) is 21.0 Å². The number of furan rings is 1. The first-order chi connectivity index (χ1) is 18.5. The first kappa shape index (κ1) is 24.2. The van der Waals surface area contributed by atoms with Gasteiger partial charge in [0, 0.05) is 14.9 Å². The molecule has 6 rings (SSSR count). The molecule has 0 fully saturated rings. The van der Waals surface area contributed by atoms with E-state index in [1.165, 1.54) is 4.68 Å². The highest BCUT2D eigenvalue weighted by Crippen LogP contribution is 2.29. The van der Waals surface area contributed by atoms with Gasteiger partial charge in [-0.05, 0) is 71.8 Å². The number of hydrogen-bond acceptors (Lipinski definition) is 5. The van der Waals surface area contributed by atoms with Crippen molar-refractivity contribution in [2.75, 3.05) is 0 Å². The number of aromatic nitrogens is 2. The maximum atomic E-state index is 13.5. The van der Waals surface area contributed by atoms with E-state index in [4.69, 9.17) is 25.7 Å². The first-order valence-corrected chi connectivity index (χ1v) is 12.9. The van der Waals surface area contributed by atoms with Crippen molar-refractivity contribution in [3.05, 3.63) is 128 Å². The molecule has 0 unspecified atom stereocenters. The number of rotatable bonds is 6. The van der Waals surface area contributed by atoms with Crippen molar-refractivity contribution in [1.29, 1.82) is 0 Å². The summed E-state index contributed by atoms with van der Waals surface area (Å²) in [6, 6.07) is 29.7. The van der Waals surface area contributed by atoms with Crippen molar-refractivity contribution < 1.29 is 9.15 Å². The molecule has 38 heavy (non-hydrogen) atoms. The Bertz CT molecular complexity index is 1880.